The predicted molar refractivity (Wildman–Crippen MR) is 91.1 cm³/mol. The second-order valence-electron chi connectivity index (χ2n) is 6.19. The summed E-state index contributed by atoms with van der Waals surface area (Å²) in [6, 6.07) is 8.04. The van der Waals surface area contributed by atoms with Gasteiger partial charge in [-0.25, -0.2) is 4.98 Å². The van der Waals surface area contributed by atoms with Crippen molar-refractivity contribution in [2.45, 2.75) is 25.7 Å². The molecular formula is C18H16N4O2. The third kappa shape index (κ3) is 2.19. The van der Waals surface area contributed by atoms with Crippen LogP contribution in [0.3, 0.4) is 0 Å². The highest BCUT2D eigenvalue weighted by Crippen LogP contribution is 2.35. The Hall–Kier alpha value is -3.02. The first-order valence-corrected chi connectivity index (χ1v) is 7.80. The van der Waals surface area contributed by atoms with Crippen LogP contribution in [0.1, 0.15) is 39.4 Å². The summed E-state index contributed by atoms with van der Waals surface area (Å²) >= 11 is 0. The number of nitrogen functional groups attached to an aromatic ring is 1. The summed E-state index contributed by atoms with van der Waals surface area (Å²) in [5.74, 6) is 0.0846. The number of carbonyl (C=O) groups is 1. The highest BCUT2D eigenvalue weighted by molar-refractivity contribution is 6.02. The van der Waals surface area contributed by atoms with Crippen molar-refractivity contribution in [3.63, 3.8) is 0 Å². The van der Waals surface area contributed by atoms with E-state index in [1.165, 1.54) is 6.20 Å². The van der Waals surface area contributed by atoms with Gasteiger partial charge >= 0.3 is 0 Å². The van der Waals surface area contributed by atoms with Gasteiger partial charge < -0.3 is 5.73 Å². The number of aromatic amines is 1. The molecule has 0 radical (unpaired) electrons. The molecule has 1 aromatic carbocycles. The molecule has 3 N–H and O–H groups in total. The number of hydrogen-bond acceptors (Lipinski definition) is 5. The van der Waals surface area contributed by atoms with Crippen molar-refractivity contribution in [1.82, 2.24) is 15.0 Å². The topological polar surface area (TPSA) is 102 Å². The van der Waals surface area contributed by atoms with Gasteiger partial charge in [0.2, 0.25) is 5.95 Å². The molecule has 120 valence electrons. The molecule has 6 heteroatoms. The fraction of sp³-hybridized carbons (Fsp3) is 0.222. The number of nitrogens with one attached hydrogen (secondary N) is 1. The molecule has 0 spiro atoms. The van der Waals surface area contributed by atoms with Crippen molar-refractivity contribution < 1.29 is 4.79 Å². The van der Waals surface area contributed by atoms with Crippen LogP contribution in [0.5, 0.6) is 0 Å². The number of Topliss-reactive ketones (excluding diaryl/α,β-unsaturated/α-hetero) is 1. The minimum Gasteiger partial charge on any atom is -0.369 e. The minimum absolute atomic E-state index is 0.00938. The summed E-state index contributed by atoms with van der Waals surface area (Å²) in [7, 11) is 0. The van der Waals surface area contributed by atoms with Crippen LogP contribution in [0.15, 0.2) is 35.3 Å². The van der Waals surface area contributed by atoms with Gasteiger partial charge in [-0.15, -0.1) is 0 Å². The number of hydrogen-bond donors (Lipinski definition) is 2. The second kappa shape index (κ2) is 5.26. The van der Waals surface area contributed by atoms with Gasteiger partial charge in [0.25, 0.3) is 5.56 Å². The molecule has 4 rings (SSSR count). The van der Waals surface area contributed by atoms with E-state index in [0.717, 1.165) is 16.7 Å². The largest absolute Gasteiger partial charge is 0.369 e. The molecule has 1 atom stereocenters. The smallest absolute Gasteiger partial charge is 0.262 e. The number of anilines is 1. The molecule has 0 bridgehead atoms. The summed E-state index contributed by atoms with van der Waals surface area (Å²) in [6.07, 6.45) is 2.55. The molecule has 3 aromatic rings. The van der Waals surface area contributed by atoms with E-state index in [1.54, 1.807) is 0 Å². The number of fused-ring (bicyclic) bond motifs is 3. The zero-order valence-electron chi connectivity index (χ0n) is 13.2. The zero-order valence-corrected chi connectivity index (χ0v) is 13.2. The van der Waals surface area contributed by atoms with Gasteiger partial charge in [-0.2, -0.15) is 4.98 Å². The molecule has 1 aliphatic carbocycles. The standard InChI is InChI=1S/C18H16N4O2/c1-9-4-2-3-5-11(9)10-6-12-13(14(23)7-10)8-20-16-15(12)17(24)22-18(19)21-16/h2-5,8,10H,6-7H2,1H3,(H3,19,20,21,22,24)/t10-/m1/s1. The Balaban J connectivity index is 1.93. The lowest BCUT2D eigenvalue weighted by Gasteiger charge is -2.25. The summed E-state index contributed by atoms with van der Waals surface area (Å²) in [6.45, 7) is 2.04. The van der Waals surface area contributed by atoms with Gasteiger partial charge in [0, 0.05) is 18.2 Å². The van der Waals surface area contributed by atoms with Gasteiger partial charge in [-0.3, -0.25) is 14.6 Å². The fourth-order valence-electron chi connectivity index (χ4n) is 3.55. The number of aryl methyl sites for hydroxylation is 1. The van der Waals surface area contributed by atoms with Gasteiger partial charge in [0.1, 0.15) is 0 Å². The third-order valence-corrected chi connectivity index (χ3v) is 4.67. The number of aromatic nitrogens is 3. The minimum atomic E-state index is -0.347. The molecule has 0 saturated heterocycles. The number of ketones is 1. The number of benzene rings is 1. The molecule has 2 heterocycles. The number of rotatable bonds is 1. The van der Waals surface area contributed by atoms with Crippen molar-refractivity contribution in [3.8, 4) is 0 Å². The summed E-state index contributed by atoms with van der Waals surface area (Å²) in [4.78, 5) is 35.7. The SMILES string of the molecule is Cc1ccccc1[C@H]1CC(=O)c2cnc3nc(N)[nH]c(=O)c3c2C1. The number of nitrogens with zero attached hydrogens (tertiary/aromatic N) is 2. The Labute approximate surface area is 137 Å². The first-order valence-electron chi connectivity index (χ1n) is 7.80. The molecule has 1 aliphatic rings. The lowest BCUT2D eigenvalue weighted by atomic mass is 9.78. The molecule has 2 aromatic heterocycles. The fourth-order valence-corrected chi connectivity index (χ4v) is 3.55. The van der Waals surface area contributed by atoms with Crippen LogP contribution in [-0.2, 0) is 6.42 Å². The molecule has 0 fully saturated rings. The molecule has 0 saturated carbocycles. The van der Waals surface area contributed by atoms with Gasteiger partial charge in [0.15, 0.2) is 11.4 Å². The van der Waals surface area contributed by atoms with E-state index >= 15 is 0 Å². The molecule has 0 amide bonds. The van der Waals surface area contributed by atoms with Crippen LogP contribution in [-0.4, -0.2) is 20.7 Å². The van der Waals surface area contributed by atoms with Crippen LogP contribution in [0, 0.1) is 6.92 Å². The molecule has 24 heavy (non-hydrogen) atoms. The Morgan fingerprint density at radius 3 is 2.79 bits per heavy atom. The number of nitrogens with two attached hydrogens (primary N) is 1. The van der Waals surface area contributed by atoms with Gasteiger partial charge in [-0.05, 0) is 36.0 Å². The van der Waals surface area contributed by atoms with Crippen LogP contribution >= 0.6 is 0 Å². The molecule has 6 nitrogen and oxygen atoms in total. The maximum absolute atomic E-state index is 12.6. The molecule has 0 unspecified atom stereocenters. The highest BCUT2D eigenvalue weighted by atomic mass is 16.1. The Morgan fingerprint density at radius 2 is 2.00 bits per heavy atom. The summed E-state index contributed by atoms with van der Waals surface area (Å²) < 4.78 is 0. The molecule has 0 aliphatic heterocycles. The predicted octanol–water partition coefficient (Wildman–Crippen LogP) is 2.12. The van der Waals surface area contributed by atoms with Crippen molar-refractivity contribution in [2.24, 2.45) is 0 Å². The van der Waals surface area contributed by atoms with Crippen LogP contribution in [0.25, 0.3) is 11.0 Å². The quantitative estimate of drug-likeness (QED) is 0.715. The zero-order chi connectivity index (χ0) is 16.8. The number of H-pyrrole nitrogens is 1. The van der Waals surface area contributed by atoms with E-state index in [-0.39, 0.29) is 28.9 Å². The Bertz CT molecular complexity index is 1040. The van der Waals surface area contributed by atoms with E-state index in [2.05, 4.69) is 15.0 Å². The monoisotopic (exact) mass is 320 g/mol. The van der Waals surface area contributed by atoms with E-state index < -0.39 is 0 Å². The van der Waals surface area contributed by atoms with Gasteiger partial charge in [-0.1, -0.05) is 24.3 Å². The number of pyridine rings is 1. The highest BCUT2D eigenvalue weighted by Gasteiger charge is 2.30. The van der Waals surface area contributed by atoms with Crippen molar-refractivity contribution in [2.75, 3.05) is 5.73 Å². The maximum atomic E-state index is 12.6. The lowest BCUT2D eigenvalue weighted by molar-refractivity contribution is 0.0964. The first kappa shape index (κ1) is 14.6. The third-order valence-electron chi connectivity index (χ3n) is 4.67. The van der Waals surface area contributed by atoms with Crippen LogP contribution < -0.4 is 11.3 Å². The van der Waals surface area contributed by atoms with E-state index in [0.29, 0.717) is 23.8 Å². The first-order chi connectivity index (χ1) is 11.5. The van der Waals surface area contributed by atoms with Gasteiger partial charge in [0.05, 0.1) is 5.39 Å². The normalized spacial score (nSPS) is 17.0. The Kier molecular flexibility index (Phi) is 3.19. The van der Waals surface area contributed by atoms with E-state index in [4.69, 9.17) is 5.73 Å². The second-order valence-corrected chi connectivity index (χ2v) is 6.19. The van der Waals surface area contributed by atoms with Crippen LogP contribution in [0.4, 0.5) is 5.95 Å². The average Bonchev–Trinajstić information content (AvgIpc) is 2.54. The summed E-state index contributed by atoms with van der Waals surface area (Å²) in [5, 5.41) is 0.369. The van der Waals surface area contributed by atoms with Crippen LogP contribution in [0.2, 0.25) is 0 Å². The lowest BCUT2D eigenvalue weighted by Crippen LogP contribution is -2.23. The van der Waals surface area contributed by atoms with E-state index in [1.807, 2.05) is 31.2 Å². The molecular weight excluding hydrogens is 304 g/mol. The van der Waals surface area contributed by atoms with Crippen molar-refractivity contribution in [3.05, 3.63) is 63.1 Å². The maximum Gasteiger partial charge on any atom is 0.262 e. The summed E-state index contributed by atoms with van der Waals surface area (Å²) in [5.41, 5.74) is 9.06. The number of carbonyl (C=O) groups excluding carboxylic acids is 1. The van der Waals surface area contributed by atoms with Crippen molar-refractivity contribution >= 4 is 22.8 Å². The average molecular weight is 320 g/mol. The van der Waals surface area contributed by atoms with Crippen molar-refractivity contribution in [1.29, 1.82) is 0 Å². The van der Waals surface area contributed by atoms with E-state index in [9.17, 15) is 9.59 Å². The Morgan fingerprint density at radius 1 is 1.21 bits per heavy atom.